The SMILES string of the molecule is CCOc1ccc(NC(=O)CSc2nnc(CNC(=O)c3ccccc3Cl)n2CC)cc1. The Bertz CT molecular complexity index is 1070. The van der Waals surface area contributed by atoms with Crippen LogP contribution in [0.2, 0.25) is 5.02 Å². The summed E-state index contributed by atoms with van der Waals surface area (Å²) < 4.78 is 7.26. The van der Waals surface area contributed by atoms with Gasteiger partial charge < -0.3 is 19.9 Å². The Balaban J connectivity index is 1.54. The molecule has 2 aromatic carbocycles. The number of hydrogen-bond donors (Lipinski definition) is 2. The lowest BCUT2D eigenvalue weighted by Crippen LogP contribution is -2.25. The van der Waals surface area contributed by atoms with Crippen LogP contribution in [-0.2, 0) is 17.9 Å². The first-order valence-corrected chi connectivity index (χ1v) is 11.5. The summed E-state index contributed by atoms with van der Waals surface area (Å²) in [5, 5.41) is 15.0. The van der Waals surface area contributed by atoms with Crippen LogP contribution in [0.15, 0.2) is 53.7 Å². The van der Waals surface area contributed by atoms with Crippen LogP contribution >= 0.6 is 23.4 Å². The second-order valence-electron chi connectivity index (χ2n) is 6.60. The second-order valence-corrected chi connectivity index (χ2v) is 7.95. The van der Waals surface area contributed by atoms with Crippen LogP contribution in [0, 0.1) is 0 Å². The van der Waals surface area contributed by atoms with E-state index in [0.717, 1.165) is 5.75 Å². The van der Waals surface area contributed by atoms with Gasteiger partial charge in [0.1, 0.15) is 5.75 Å². The number of nitrogens with one attached hydrogen (secondary N) is 2. The Morgan fingerprint density at radius 3 is 2.53 bits per heavy atom. The molecule has 0 atom stereocenters. The Morgan fingerprint density at radius 1 is 1.09 bits per heavy atom. The van der Waals surface area contributed by atoms with Gasteiger partial charge >= 0.3 is 0 Å². The molecule has 0 aliphatic carbocycles. The minimum absolute atomic E-state index is 0.154. The fourth-order valence-electron chi connectivity index (χ4n) is 2.90. The van der Waals surface area contributed by atoms with Gasteiger partial charge in [-0.3, -0.25) is 9.59 Å². The molecule has 0 aliphatic rings. The number of benzene rings is 2. The number of anilines is 1. The van der Waals surface area contributed by atoms with Gasteiger partial charge in [-0.15, -0.1) is 10.2 Å². The number of halogens is 1. The highest BCUT2D eigenvalue weighted by Gasteiger charge is 2.15. The van der Waals surface area contributed by atoms with Gasteiger partial charge in [-0.25, -0.2) is 0 Å². The summed E-state index contributed by atoms with van der Waals surface area (Å²) in [5.41, 5.74) is 1.09. The second kappa shape index (κ2) is 11.5. The fourth-order valence-corrected chi connectivity index (χ4v) is 3.95. The maximum absolute atomic E-state index is 12.4. The summed E-state index contributed by atoms with van der Waals surface area (Å²) in [5.74, 6) is 1.09. The van der Waals surface area contributed by atoms with Crippen LogP contribution in [0.25, 0.3) is 0 Å². The summed E-state index contributed by atoms with van der Waals surface area (Å²) in [6.45, 7) is 5.26. The number of aromatic nitrogens is 3. The molecule has 0 saturated heterocycles. The number of thioether (sulfide) groups is 1. The van der Waals surface area contributed by atoms with Gasteiger partial charge in [-0.05, 0) is 50.2 Å². The van der Waals surface area contributed by atoms with Crippen molar-refractivity contribution in [3.05, 3.63) is 64.9 Å². The highest BCUT2D eigenvalue weighted by atomic mass is 35.5. The smallest absolute Gasteiger partial charge is 0.253 e. The molecule has 0 aliphatic heterocycles. The first kappa shape index (κ1) is 23.6. The van der Waals surface area contributed by atoms with Crippen molar-refractivity contribution in [1.82, 2.24) is 20.1 Å². The van der Waals surface area contributed by atoms with Crippen molar-refractivity contribution in [2.24, 2.45) is 0 Å². The molecule has 3 aromatic rings. The Kier molecular flexibility index (Phi) is 8.52. The van der Waals surface area contributed by atoms with Crippen LogP contribution < -0.4 is 15.4 Å². The minimum atomic E-state index is -0.287. The first-order valence-electron chi connectivity index (χ1n) is 10.1. The van der Waals surface area contributed by atoms with E-state index >= 15 is 0 Å². The molecule has 2 N–H and O–H groups in total. The molecule has 3 rings (SSSR count). The normalized spacial score (nSPS) is 10.6. The lowest BCUT2D eigenvalue weighted by Gasteiger charge is -2.09. The van der Waals surface area contributed by atoms with Crippen molar-refractivity contribution in [3.63, 3.8) is 0 Å². The third-order valence-electron chi connectivity index (χ3n) is 4.42. The molecule has 168 valence electrons. The van der Waals surface area contributed by atoms with Gasteiger partial charge in [-0.2, -0.15) is 0 Å². The standard InChI is InChI=1S/C22H24ClN5O3S/c1-3-28-19(13-24-21(30)17-7-5-6-8-18(17)23)26-27-22(28)32-14-20(29)25-15-9-11-16(12-10-15)31-4-2/h5-12H,3-4,13-14H2,1-2H3,(H,24,30)(H,25,29). The molecule has 0 bridgehead atoms. The fraction of sp³-hybridized carbons (Fsp3) is 0.273. The zero-order valence-electron chi connectivity index (χ0n) is 17.8. The van der Waals surface area contributed by atoms with Crippen LogP contribution in [0.1, 0.15) is 30.0 Å². The lowest BCUT2D eigenvalue weighted by atomic mass is 10.2. The number of carbonyl (C=O) groups is 2. The van der Waals surface area contributed by atoms with Gasteiger partial charge in [0.15, 0.2) is 11.0 Å². The maximum atomic E-state index is 12.4. The summed E-state index contributed by atoms with van der Waals surface area (Å²) in [6, 6.07) is 14.0. The number of ether oxygens (including phenoxy) is 1. The van der Waals surface area contributed by atoms with Crippen LogP contribution in [0.4, 0.5) is 5.69 Å². The molecule has 0 saturated carbocycles. The molecule has 0 unspecified atom stereocenters. The van der Waals surface area contributed by atoms with Crippen LogP contribution in [0.3, 0.4) is 0 Å². The topological polar surface area (TPSA) is 98.1 Å². The molecule has 0 fully saturated rings. The maximum Gasteiger partial charge on any atom is 0.253 e. The van der Waals surface area contributed by atoms with Crippen molar-refractivity contribution in [1.29, 1.82) is 0 Å². The van der Waals surface area contributed by atoms with E-state index in [1.165, 1.54) is 11.8 Å². The van der Waals surface area contributed by atoms with E-state index in [2.05, 4.69) is 20.8 Å². The highest BCUT2D eigenvalue weighted by Crippen LogP contribution is 2.20. The van der Waals surface area contributed by atoms with Gasteiger partial charge in [0, 0.05) is 12.2 Å². The van der Waals surface area contributed by atoms with E-state index in [1.54, 1.807) is 36.4 Å². The average molecular weight is 474 g/mol. The van der Waals surface area contributed by atoms with E-state index in [-0.39, 0.29) is 24.1 Å². The monoisotopic (exact) mass is 473 g/mol. The van der Waals surface area contributed by atoms with Crippen molar-refractivity contribution in [2.45, 2.75) is 32.1 Å². The van der Waals surface area contributed by atoms with E-state index in [4.69, 9.17) is 16.3 Å². The molecule has 0 spiro atoms. The van der Waals surface area contributed by atoms with Crippen molar-refractivity contribution in [3.8, 4) is 5.75 Å². The van der Waals surface area contributed by atoms with Crippen LogP contribution in [0.5, 0.6) is 5.75 Å². The summed E-state index contributed by atoms with van der Waals surface area (Å²) in [7, 11) is 0. The number of carbonyl (C=O) groups excluding carboxylic acids is 2. The minimum Gasteiger partial charge on any atom is -0.494 e. The number of nitrogens with zero attached hydrogens (tertiary/aromatic N) is 3. The first-order chi connectivity index (χ1) is 15.5. The van der Waals surface area contributed by atoms with Crippen molar-refractivity contribution < 1.29 is 14.3 Å². The third kappa shape index (κ3) is 6.24. The van der Waals surface area contributed by atoms with Gasteiger partial charge in [0.2, 0.25) is 5.91 Å². The molecule has 10 heteroatoms. The van der Waals surface area contributed by atoms with Gasteiger partial charge in [0.05, 0.1) is 29.5 Å². The molecule has 8 nitrogen and oxygen atoms in total. The van der Waals surface area contributed by atoms with Gasteiger partial charge in [-0.1, -0.05) is 35.5 Å². The summed E-state index contributed by atoms with van der Waals surface area (Å²) in [4.78, 5) is 24.7. The Labute approximate surface area is 195 Å². The molecule has 32 heavy (non-hydrogen) atoms. The molecule has 2 amide bonds. The predicted octanol–water partition coefficient (Wildman–Crippen LogP) is 4.01. The number of rotatable bonds is 10. The molecule has 1 aromatic heterocycles. The molecule has 1 heterocycles. The molecular weight excluding hydrogens is 450 g/mol. The molecule has 0 radical (unpaired) electrons. The van der Waals surface area contributed by atoms with Crippen molar-refractivity contribution >= 4 is 40.9 Å². The number of hydrogen-bond acceptors (Lipinski definition) is 6. The number of amides is 2. The van der Waals surface area contributed by atoms with E-state index < -0.39 is 0 Å². The zero-order chi connectivity index (χ0) is 22.9. The largest absolute Gasteiger partial charge is 0.494 e. The Morgan fingerprint density at radius 2 is 1.84 bits per heavy atom. The summed E-state index contributed by atoms with van der Waals surface area (Å²) in [6.07, 6.45) is 0. The van der Waals surface area contributed by atoms with E-state index in [1.807, 2.05) is 30.5 Å². The Hall–Kier alpha value is -3.04. The third-order valence-corrected chi connectivity index (χ3v) is 5.71. The van der Waals surface area contributed by atoms with Gasteiger partial charge in [0.25, 0.3) is 5.91 Å². The average Bonchev–Trinajstić information content (AvgIpc) is 3.19. The van der Waals surface area contributed by atoms with Crippen LogP contribution in [-0.4, -0.2) is 38.9 Å². The summed E-state index contributed by atoms with van der Waals surface area (Å²) >= 11 is 7.36. The quantitative estimate of drug-likeness (QED) is 0.432. The van der Waals surface area contributed by atoms with E-state index in [0.29, 0.717) is 40.4 Å². The zero-order valence-corrected chi connectivity index (χ0v) is 19.4. The lowest BCUT2D eigenvalue weighted by molar-refractivity contribution is -0.113. The van der Waals surface area contributed by atoms with E-state index in [9.17, 15) is 9.59 Å². The predicted molar refractivity (Wildman–Crippen MR) is 125 cm³/mol. The van der Waals surface area contributed by atoms with Crippen molar-refractivity contribution in [2.75, 3.05) is 17.7 Å². The highest BCUT2D eigenvalue weighted by molar-refractivity contribution is 7.99. The molecular formula is C22H24ClN5O3S.